The lowest BCUT2D eigenvalue weighted by molar-refractivity contribution is 0.0527. The highest BCUT2D eigenvalue weighted by atomic mass is 16.5. The SMILES string of the molecule is C[C@]12C[C@H](c3ccccc3)[C@](C#N)(C(=N)O1)C2(C#N)C#N. The van der Waals surface area contributed by atoms with Crippen LogP contribution in [-0.4, -0.2) is 11.5 Å². The van der Waals surface area contributed by atoms with Crippen LogP contribution in [0, 0.1) is 50.2 Å². The standard InChI is InChI=1S/C16H12N4O/c1-14-7-12(11-5-3-2-4-6-11)16(10-19,13(20)21-14)15(14,8-17)9-18/h2-6,12,20H,7H2,1H3/t12-,14-,16-/m1/s1. The van der Waals surface area contributed by atoms with Gasteiger partial charge in [0.05, 0.1) is 18.2 Å². The minimum absolute atomic E-state index is 0.268. The molecule has 1 aromatic carbocycles. The largest absolute Gasteiger partial charge is 0.471 e. The van der Waals surface area contributed by atoms with Gasteiger partial charge in [-0.15, -0.1) is 0 Å². The second-order valence-corrected chi connectivity index (χ2v) is 5.72. The fourth-order valence-corrected chi connectivity index (χ4v) is 3.83. The van der Waals surface area contributed by atoms with Gasteiger partial charge in [-0.3, -0.25) is 5.41 Å². The van der Waals surface area contributed by atoms with E-state index in [1.165, 1.54) is 0 Å². The smallest absolute Gasteiger partial charge is 0.210 e. The summed E-state index contributed by atoms with van der Waals surface area (Å²) in [4.78, 5) is 0. The van der Waals surface area contributed by atoms with Crippen LogP contribution in [0.4, 0.5) is 0 Å². The Kier molecular flexibility index (Phi) is 2.41. The Morgan fingerprint density at radius 1 is 1.14 bits per heavy atom. The van der Waals surface area contributed by atoms with E-state index in [1.54, 1.807) is 6.92 Å². The molecule has 5 heteroatoms. The Balaban J connectivity index is 2.31. The van der Waals surface area contributed by atoms with Crippen molar-refractivity contribution in [3.05, 3.63) is 35.9 Å². The third-order valence-electron chi connectivity index (χ3n) is 4.90. The summed E-state index contributed by atoms with van der Waals surface area (Å²) in [6.45, 7) is 1.65. The number of nitrogens with one attached hydrogen (secondary N) is 1. The van der Waals surface area contributed by atoms with Crippen molar-refractivity contribution in [2.45, 2.75) is 24.9 Å². The Bertz CT molecular complexity index is 737. The second kappa shape index (κ2) is 3.84. The number of nitrogens with zero attached hydrogens (tertiary/aromatic N) is 3. The molecule has 0 radical (unpaired) electrons. The minimum atomic E-state index is -1.66. The molecule has 2 aliphatic rings. The first-order valence-electron chi connectivity index (χ1n) is 6.58. The van der Waals surface area contributed by atoms with E-state index in [9.17, 15) is 15.8 Å². The molecule has 3 atom stereocenters. The molecule has 5 nitrogen and oxygen atoms in total. The Morgan fingerprint density at radius 2 is 1.76 bits per heavy atom. The quantitative estimate of drug-likeness (QED) is 0.850. The van der Waals surface area contributed by atoms with Crippen LogP contribution < -0.4 is 0 Å². The van der Waals surface area contributed by atoms with Gasteiger partial charge in [0.25, 0.3) is 0 Å². The molecule has 0 unspecified atom stereocenters. The van der Waals surface area contributed by atoms with E-state index in [2.05, 4.69) is 6.07 Å². The molecule has 21 heavy (non-hydrogen) atoms. The van der Waals surface area contributed by atoms with E-state index in [1.807, 2.05) is 42.5 Å². The summed E-state index contributed by atoms with van der Waals surface area (Å²) in [5.41, 5.74) is -3.49. The van der Waals surface area contributed by atoms with Crippen LogP contribution in [0.15, 0.2) is 30.3 Å². The number of ether oxygens (including phenoxy) is 1. The van der Waals surface area contributed by atoms with Gasteiger partial charge in [0.15, 0.2) is 5.41 Å². The zero-order chi connectivity index (χ0) is 15.3. The molecule has 0 amide bonds. The van der Waals surface area contributed by atoms with E-state index < -0.39 is 22.3 Å². The topological polar surface area (TPSA) is 104 Å². The summed E-state index contributed by atoms with van der Waals surface area (Å²) in [7, 11) is 0. The van der Waals surface area contributed by atoms with E-state index in [0.717, 1.165) is 5.56 Å². The van der Waals surface area contributed by atoms with Crippen molar-refractivity contribution >= 4 is 5.90 Å². The van der Waals surface area contributed by atoms with Crippen LogP contribution in [0.1, 0.15) is 24.8 Å². The van der Waals surface area contributed by atoms with Gasteiger partial charge in [-0.1, -0.05) is 30.3 Å². The summed E-state index contributed by atoms with van der Waals surface area (Å²) in [6, 6.07) is 15.4. The highest BCUT2D eigenvalue weighted by molar-refractivity contribution is 5.92. The molecule has 1 aromatic rings. The van der Waals surface area contributed by atoms with Crippen molar-refractivity contribution in [2.75, 3.05) is 0 Å². The number of rotatable bonds is 1. The zero-order valence-corrected chi connectivity index (χ0v) is 11.4. The van der Waals surface area contributed by atoms with Gasteiger partial charge in [0.1, 0.15) is 5.60 Å². The van der Waals surface area contributed by atoms with E-state index >= 15 is 0 Å². The predicted octanol–water partition coefficient (Wildman–Crippen LogP) is 2.48. The number of hydrogen-bond donors (Lipinski definition) is 1. The molecule has 1 N–H and O–H groups in total. The van der Waals surface area contributed by atoms with Crippen LogP contribution in [0.25, 0.3) is 0 Å². The maximum atomic E-state index is 9.78. The van der Waals surface area contributed by atoms with Crippen molar-refractivity contribution in [2.24, 2.45) is 10.8 Å². The summed E-state index contributed by atoms with van der Waals surface area (Å²) < 4.78 is 5.51. The molecule has 1 aliphatic heterocycles. The average Bonchev–Trinajstić information content (AvgIpc) is 2.84. The maximum Gasteiger partial charge on any atom is 0.210 e. The lowest BCUT2D eigenvalue weighted by atomic mass is 9.62. The number of fused-ring (bicyclic) bond motifs is 2. The summed E-state index contributed by atoms with van der Waals surface area (Å²) >= 11 is 0. The first-order chi connectivity index (χ1) is 10.0. The Hall–Kier alpha value is -2.84. The lowest BCUT2D eigenvalue weighted by Crippen LogP contribution is -2.43. The summed E-state index contributed by atoms with van der Waals surface area (Å²) in [5.74, 6) is -0.662. The third kappa shape index (κ3) is 1.17. The molecule has 1 saturated carbocycles. The number of benzene rings is 1. The molecule has 102 valence electrons. The first-order valence-corrected chi connectivity index (χ1v) is 6.58. The van der Waals surface area contributed by atoms with E-state index in [0.29, 0.717) is 6.42 Å². The van der Waals surface area contributed by atoms with E-state index in [4.69, 9.17) is 10.1 Å². The highest BCUT2D eigenvalue weighted by Crippen LogP contribution is 2.70. The van der Waals surface area contributed by atoms with E-state index in [-0.39, 0.29) is 5.90 Å². The zero-order valence-electron chi connectivity index (χ0n) is 11.4. The predicted molar refractivity (Wildman–Crippen MR) is 72.7 cm³/mol. The van der Waals surface area contributed by atoms with Gasteiger partial charge >= 0.3 is 0 Å². The lowest BCUT2D eigenvalue weighted by Gasteiger charge is -2.30. The molecule has 1 aliphatic carbocycles. The molecule has 1 heterocycles. The van der Waals surface area contributed by atoms with Crippen molar-refractivity contribution in [3.63, 3.8) is 0 Å². The molecular weight excluding hydrogens is 264 g/mol. The monoisotopic (exact) mass is 276 g/mol. The Morgan fingerprint density at radius 3 is 2.29 bits per heavy atom. The summed E-state index contributed by atoms with van der Waals surface area (Å²) in [5, 5.41) is 37.2. The van der Waals surface area contributed by atoms with Crippen LogP contribution >= 0.6 is 0 Å². The van der Waals surface area contributed by atoms with Crippen molar-refractivity contribution < 1.29 is 4.74 Å². The molecule has 2 bridgehead atoms. The average molecular weight is 276 g/mol. The first kappa shape index (κ1) is 13.2. The van der Waals surface area contributed by atoms with Crippen molar-refractivity contribution in [1.29, 1.82) is 21.2 Å². The fraction of sp³-hybridized carbons (Fsp3) is 0.375. The second-order valence-electron chi connectivity index (χ2n) is 5.72. The van der Waals surface area contributed by atoms with Gasteiger partial charge < -0.3 is 4.74 Å². The maximum absolute atomic E-state index is 9.78. The summed E-state index contributed by atoms with van der Waals surface area (Å²) in [6.07, 6.45) is 0.369. The van der Waals surface area contributed by atoms with Crippen LogP contribution in [0.3, 0.4) is 0 Å². The number of hydrogen-bond acceptors (Lipinski definition) is 5. The highest BCUT2D eigenvalue weighted by Gasteiger charge is 2.82. The van der Waals surface area contributed by atoms with Gasteiger partial charge in [-0.05, 0) is 18.9 Å². The number of nitriles is 3. The molecular formula is C16H12N4O. The van der Waals surface area contributed by atoms with Crippen LogP contribution in [0.2, 0.25) is 0 Å². The molecule has 2 fully saturated rings. The normalized spacial score (nSPS) is 35.3. The van der Waals surface area contributed by atoms with Gasteiger partial charge in [0.2, 0.25) is 11.3 Å². The Labute approximate surface area is 122 Å². The minimum Gasteiger partial charge on any atom is -0.471 e. The van der Waals surface area contributed by atoms with Gasteiger partial charge in [-0.2, -0.15) is 15.8 Å². The molecule has 1 saturated heterocycles. The van der Waals surface area contributed by atoms with Crippen LogP contribution in [0.5, 0.6) is 0 Å². The third-order valence-corrected chi connectivity index (χ3v) is 4.90. The van der Waals surface area contributed by atoms with Crippen LogP contribution in [-0.2, 0) is 4.74 Å². The van der Waals surface area contributed by atoms with Gasteiger partial charge in [0, 0.05) is 5.92 Å². The van der Waals surface area contributed by atoms with Gasteiger partial charge in [-0.25, -0.2) is 0 Å². The van der Waals surface area contributed by atoms with Crippen molar-refractivity contribution in [3.8, 4) is 18.2 Å². The molecule has 0 spiro atoms. The molecule has 0 aromatic heterocycles. The van der Waals surface area contributed by atoms with Crippen molar-refractivity contribution in [1.82, 2.24) is 0 Å². The fourth-order valence-electron chi connectivity index (χ4n) is 3.83. The molecule has 3 rings (SSSR count).